The van der Waals surface area contributed by atoms with Crippen LogP contribution in [0.3, 0.4) is 0 Å². The van der Waals surface area contributed by atoms with Gasteiger partial charge in [0.1, 0.15) is 5.76 Å². The fourth-order valence-electron chi connectivity index (χ4n) is 1.97. The van der Waals surface area contributed by atoms with E-state index in [-0.39, 0.29) is 0 Å². The molecule has 13 heavy (non-hydrogen) atoms. The molecule has 0 fully saturated rings. The second-order valence-corrected chi connectivity index (χ2v) is 3.92. The quantitative estimate of drug-likeness (QED) is 0.746. The highest BCUT2D eigenvalue weighted by Crippen LogP contribution is 2.27. The smallest absolute Gasteiger partial charge is 0.141 e. The van der Waals surface area contributed by atoms with E-state index >= 15 is 0 Å². The molecule has 1 atom stereocenters. The topological polar surface area (TPSA) is 52.0 Å². The number of aromatic nitrogens is 1. The molecule has 1 aliphatic rings. The van der Waals surface area contributed by atoms with E-state index in [0.717, 1.165) is 30.9 Å². The van der Waals surface area contributed by atoms with Crippen molar-refractivity contribution in [1.29, 1.82) is 0 Å². The zero-order valence-electron chi connectivity index (χ0n) is 8.05. The standard InChI is InChI=1S/C10H16N2O/c1-7-2-3-9-8(6-7)10(4-5-11)13-12-9/h7H,2-6,11H2,1H3. The van der Waals surface area contributed by atoms with Crippen molar-refractivity contribution in [2.24, 2.45) is 11.7 Å². The van der Waals surface area contributed by atoms with Gasteiger partial charge in [-0.2, -0.15) is 0 Å². The maximum absolute atomic E-state index is 5.50. The van der Waals surface area contributed by atoms with Crippen molar-refractivity contribution >= 4 is 0 Å². The SMILES string of the molecule is CC1CCc2noc(CCN)c2C1. The number of fused-ring (bicyclic) bond motifs is 1. The third-order valence-corrected chi connectivity index (χ3v) is 2.75. The van der Waals surface area contributed by atoms with Crippen molar-refractivity contribution in [2.75, 3.05) is 6.54 Å². The molecule has 0 aromatic carbocycles. The van der Waals surface area contributed by atoms with E-state index in [9.17, 15) is 0 Å². The molecule has 0 bridgehead atoms. The Balaban J connectivity index is 2.25. The van der Waals surface area contributed by atoms with E-state index in [0.29, 0.717) is 6.54 Å². The Morgan fingerprint density at radius 3 is 3.23 bits per heavy atom. The predicted molar refractivity (Wildman–Crippen MR) is 50.5 cm³/mol. The maximum Gasteiger partial charge on any atom is 0.141 e. The molecule has 2 rings (SSSR count). The first kappa shape index (κ1) is 8.75. The summed E-state index contributed by atoms with van der Waals surface area (Å²) in [5.41, 5.74) is 8.01. The number of rotatable bonds is 2. The van der Waals surface area contributed by atoms with Crippen molar-refractivity contribution in [3.05, 3.63) is 17.0 Å². The largest absolute Gasteiger partial charge is 0.361 e. The van der Waals surface area contributed by atoms with Crippen LogP contribution < -0.4 is 5.73 Å². The third kappa shape index (κ3) is 1.61. The number of nitrogens with two attached hydrogens (primary N) is 1. The summed E-state index contributed by atoms with van der Waals surface area (Å²) < 4.78 is 5.28. The minimum atomic E-state index is 0.649. The van der Waals surface area contributed by atoms with Crippen LogP contribution in [0.2, 0.25) is 0 Å². The van der Waals surface area contributed by atoms with Crippen molar-refractivity contribution in [3.63, 3.8) is 0 Å². The van der Waals surface area contributed by atoms with Gasteiger partial charge >= 0.3 is 0 Å². The highest BCUT2D eigenvalue weighted by molar-refractivity contribution is 5.26. The van der Waals surface area contributed by atoms with E-state index in [2.05, 4.69) is 12.1 Å². The minimum absolute atomic E-state index is 0.649. The van der Waals surface area contributed by atoms with E-state index in [1.54, 1.807) is 0 Å². The van der Waals surface area contributed by atoms with Crippen LogP contribution in [0, 0.1) is 5.92 Å². The Bertz CT molecular complexity index is 293. The predicted octanol–water partition coefficient (Wildman–Crippen LogP) is 1.30. The van der Waals surface area contributed by atoms with Gasteiger partial charge in [-0.3, -0.25) is 0 Å². The highest BCUT2D eigenvalue weighted by atomic mass is 16.5. The summed E-state index contributed by atoms with van der Waals surface area (Å²) in [6.45, 7) is 2.93. The fourth-order valence-corrected chi connectivity index (χ4v) is 1.97. The van der Waals surface area contributed by atoms with Crippen molar-refractivity contribution in [3.8, 4) is 0 Å². The maximum atomic E-state index is 5.50. The molecular formula is C10H16N2O. The van der Waals surface area contributed by atoms with Crippen LogP contribution in [0.1, 0.15) is 30.4 Å². The molecule has 1 heterocycles. The van der Waals surface area contributed by atoms with Gasteiger partial charge in [-0.05, 0) is 31.7 Å². The van der Waals surface area contributed by atoms with E-state index < -0.39 is 0 Å². The molecule has 1 aromatic rings. The van der Waals surface area contributed by atoms with Crippen LogP contribution in [0.4, 0.5) is 0 Å². The third-order valence-electron chi connectivity index (χ3n) is 2.75. The zero-order valence-corrected chi connectivity index (χ0v) is 8.05. The molecule has 3 heteroatoms. The van der Waals surface area contributed by atoms with E-state index in [4.69, 9.17) is 10.3 Å². The Morgan fingerprint density at radius 1 is 1.62 bits per heavy atom. The van der Waals surface area contributed by atoms with Gasteiger partial charge in [-0.1, -0.05) is 12.1 Å². The summed E-state index contributed by atoms with van der Waals surface area (Å²) in [7, 11) is 0. The lowest BCUT2D eigenvalue weighted by Gasteiger charge is -2.16. The van der Waals surface area contributed by atoms with Gasteiger partial charge in [0.05, 0.1) is 5.69 Å². The molecule has 1 aromatic heterocycles. The first-order valence-corrected chi connectivity index (χ1v) is 4.97. The molecule has 3 nitrogen and oxygen atoms in total. The summed E-state index contributed by atoms with van der Waals surface area (Å²) in [6.07, 6.45) is 4.26. The monoisotopic (exact) mass is 180 g/mol. The lowest BCUT2D eigenvalue weighted by Crippen LogP contribution is -2.12. The van der Waals surface area contributed by atoms with Crippen LogP contribution in [-0.4, -0.2) is 11.7 Å². The Kier molecular flexibility index (Phi) is 2.36. The molecule has 0 saturated heterocycles. The van der Waals surface area contributed by atoms with Gasteiger partial charge in [0, 0.05) is 12.0 Å². The van der Waals surface area contributed by atoms with Gasteiger partial charge in [-0.25, -0.2) is 0 Å². The molecule has 1 aliphatic carbocycles. The lowest BCUT2D eigenvalue weighted by molar-refractivity contribution is 0.378. The fraction of sp³-hybridized carbons (Fsp3) is 0.700. The number of aryl methyl sites for hydroxylation is 1. The van der Waals surface area contributed by atoms with Crippen LogP contribution >= 0.6 is 0 Å². The number of nitrogens with zero attached hydrogens (tertiary/aromatic N) is 1. The molecule has 72 valence electrons. The molecule has 0 radical (unpaired) electrons. The van der Waals surface area contributed by atoms with Crippen molar-refractivity contribution in [1.82, 2.24) is 5.16 Å². The average Bonchev–Trinajstić information content (AvgIpc) is 2.49. The van der Waals surface area contributed by atoms with Gasteiger partial charge < -0.3 is 10.3 Å². The van der Waals surface area contributed by atoms with Gasteiger partial charge in [0.2, 0.25) is 0 Å². The Labute approximate surface area is 78.3 Å². The van der Waals surface area contributed by atoms with Crippen LogP contribution in [-0.2, 0) is 19.3 Å². The molecule has 2 N–H and O–H groups in total. The zero-order chi connectivity index (χ0) is 9.26. The second kappa shape index (κ2) is 3.50. The van der Waals surface area contributed by atoms with Gasteiger partial charge in [0.25, 0.3) is 0 Å². The summed E-state index contributed by atoms with van der Waals surface area (Å²) in [5, 5.41) is 4.08. The molecule has 0 aliphatic heterocycles. The van der Waals surface area contributed by atoms with Crippen LogP contribution in [0.5, 0.6) is 0 Å². The van der Waals surface area contributed by atoms with Crippen molar-refractivity contribution < 1.29 is 4.52 Å². The number of hydrogen-bond acceptors (Lipinski definition) is 3. The van der Waals surface area contributed by atoms with Crippen LogP contribution in [0.25, 0.3) is 0 Å². The van der Waals surface area contributed by atoms with Crippen LogP contribution in [0.15, 0.2) is 4.52 Å². The summed E-state index contributed by atoms with van der Waals surface area (Å²) in [6, 6.07) is 0. The van der Waals surface area contributed by atoms with Gasteiger partial charge in [-0.15, -0.1) is 0 Å². The summed E-state index contributed by atoms with van der Waals surface area (Å²) in [4.78, 5) is 0. The second-order valence-electron chi connectivity index (χ2n) is 3.92. The average molecular weight is 180 g/mol. The van der Waals surface area contributed by atoms with E-state index in [1.807, 2.05) is 0 Å². The molecule has 1 unspecified atom stereocenters. The Hall–Kier alpha value is -0.830. The van der Waals surface area contributed by atoms with Gasteiger partial charge in [0.15, 0.2) is 0 Å². The van der Waals surface area contributed by atoms with Crippen molar-refractivity contribution in [2.45, 2.75) is 32.6 Å². The van der Waals surface area contributed by atoms with E-state index in [1.165, 1.54) is 17.7 Å². The normalized spacial score (nSPS) is 21.5. The first-order valence-electron chi connectivity index (χ1n) is 4.97. The summed E-state index contributed by atoms with van der Waals surface area (Å²) in [5.74, 6) is 1.78. The molecule has 0 amide bonds. The lowest BCUT2D eigenvalue weighted by atomic mass is 9.87. The first-order chi connectivity index (χ1) is 6.31. The summed E-state index contributed by atoms with van der Waals surface area (Å²) >= 11 is 0. The Morgan fingerprint density at radius 2 is 2.46 bits per heavy atom. The number of hydrogen-bond donors (Lipinski definition) is 1. The minimum Gasteiger partial charge on any atom is -0.361 e. The molecule has 0 saturated carbocycles. The molecular weight excluding hydrogens is 164 g/mol. The molecule has 0 spiro atoms. The highest BCUT2D eigenvalue weighted by Gasteiger charge is 2.22.